The first-order chi connectivity index (χ1) is 20.0. The number of hydrogen-bond acceptors (Lipinski definition) is 6. The van der Waals surface area contributed by atoms with Gasteiger partial charge in [0, 0.05) is 31.9 Å². The van der Waals surface area contributed by atoms with Crippen molar-refractivity contribution in [3.8, 4) is 16.9 Å². The van der Waals surface area contributed by atoms with Crippen LogP contribution in [0.25, 0.3) is 11.1 Å². The maximum absolute atomic E-state index is 14.3. The van der Waals surface area contributed by atoms with Crippen molar-refractivity contribution in [2.45, 2.75) is 31.4 Å². The molecular weight excluding hydrogens is 516 g/mol. The molecule has 0 radical (unpaired) electrons. The Bertz CT molecular complexity index is 1600. The molecule has 0 unspecified atom stereocenters. The summed E-state index contributed by atoms with van der Waals surface area (Å²) in [7, 11) is 0. The van der Waals surface area contributed by atoms with Crippen LogP contribution in [0.5, 0.6) is 5.75 Å². The number of para-hydroxylation sites is 1. The number of ether oxygens (including phenoxy) is 2. The Hall–Kier alpha value is -4.75. The van der Waals surface area contributed by atoms with Crippen LogP contribution >= 0.6 is 0 Å². The molecule has 2 aliphatic heterocycles. The summed E-state index contributed by atoms with van der Waals surface area (Å²) in [5.74, 6) is 0.224. The van der Waals surface area contributed by atoms with Crippen LogP contribution in [0, 0.1) is 0 Å². The number of rotatable bonds is 7. The Morgan fingerprint density at radius 1 is 0.927 bits per heavy atom. The number of hydrogen-bond donors (Lipinski definition) is 1. The van der Waals surface area contributed by atoms with Gasteiger partial charge in [-0.1, -0.05) is 72.8 Å². The number of aliphatic hydroxyl groups excluding tert-OH is 1. The summed E-state index contributed by atoms with van der Waals surface area (Å²) in [5, 5.41) is 9.02. The number of anilines is 1. The van der Waals surface area contributed by atoms with Crippen molar-refractivity contribution in [1.29, 1.82) is 0 Å². The number of aliphatic hydroxyl groups is 1. The second-order valence-corrected chi connectivity index (χ2v) is 10.2. The predicted molar refractivity (Wildman–Crippen MR) is 157 cm³/mol. The fourth-order valence-electron chi connectivity index (χ4n) is 5.53. The van der Waals surface area contributed by atoms with Gasteiger partial charge < -0.3 is 14.6 Å². The highest BCUT2D eigenvalue weighted by Crippen LogP contribution is 2.48. The van der Waals surface area contributed by atoms with E-state index in [1.54, 1.807) is 6.07 Å². The van der Waals surface area contributed by atoms with E-state index in [-0.39, 0.29) is 12.5 Å². The molecule has 0 saturated carbocycles. The zero-order chi connectivity index (χ0) is 28.4. The van der Waals surface area contributed by atoms with Gasteiger partial charge in [-0.2, -0.15) is 0 Å². The lowest BCUT2D eigenvalue weighted by atomic mass is 9.78. The Morgan fingerprint density at radius 2 is 1.59 bits per heavy atom. The van der Waals surface area contributed by atoms with Gasteiger partial charge in [-0.15, -0.1) is 0 Å². The minimum absolute atomic E-state index is 0.0625. The summed E-state index contributed by atoms with van der Waals surface area (Å²) in [6, 6.07) is 32.8. The maximum Gasteiger partial charge on any atom is 0.266 e. The number of carbonyl (C=O) groups is 2. The molecule has 41 heavy (non-hydrogen) atoms. The topological polar surface area (TPSA) is 88.4 Å². The first kappa shape index (κ1) is 26.5. The summed E-state index contributed by atoms with van der Waals surface area (Å²) < 4.78 is 12.2. The monoisotopic (exact) mass is 546 g/mol. The fraction of sp³-hybridized carbons (Fsp3) is 0.206. The Morgan fingerprint density at radius 3 is 2.29 bits per heavy atom. The molecular formula is C34H30N2O5. The van der Waals surface area contributed by atoms with Crippen LogP contribution in [0.15, 0.2) is 108 Å². The number of fused-ring (bicyclic) bond motifs is 1. The van der Waals surface area contributed by atoms with Crippen molar-refractivity contribution >= 4 is 23.4 Å². The molecule has 206 valence electrons. The van der Waals surface area contributed by atoms with E-state index in [4.69, 9.17) is 19.6 Å². The van der Waals surface area contributed by atoms with Crippen molar-refractivity contribution in [2.24, 2.45) is 4.99 Å². The third-order valence-electron chi connectivity index (χ3n) is 7.54. The largest absolute Gasteiger partial charge is 0.494 e. The van der Waals surface area contributed by atoms with Gasteiger partial charge >= 0.3 is 0 Å². The molecule has 2 amide bonds. The minimum atomic E-state index is -1.36. The highest BCUT2D eigenvalue weighted by Gasteiger charge is 2.58. The standard InChI is InChI=1S/C34H30N2O5/c1-23(38)36-30-11-6-5-10-28(30)22-34(33(36)39)31(26-14-12-25(13-15-26)24-8-3-2-4-9-24)41-32(35-34)27-16-18-29(19-17-27)40-21-7-20-37/h2-6,8-19,31,37H,7,20-22H2,1H3/t31-,34-/m0/s1. The zero-order valence-corrected chi connectivity index (χ0v) is 22.7. The van der Waals surface area contributed by atoms with E-state index in [0.29, 0.717) is 42.3 Å². The average Bonchev–Trinajstić information content (AvgIpc) is 3.38. The maximum atomic E-state index is 14.3. The molecule has 0 fully saturated rings. The third kappa shape index (κ3) is 4.89. The first-order valence-corrected chi connectivity index (χ1v) is 13.7. The highest BCUT2D eigenvalue weighted by molar-refractivity contribution is 6.20. The van der Waals surface area contributed by atoms with Crippen molar-refractivity contribution in [3.63, 3.8) is 0 Å². The average molecular weight is 547 g/mol. The summed E-state index contributed by atoms with van der Waals surface area (Å²) in [4.78, 5) is 33.3. The van der Waals surface area contributed by atoms with Gasteiger partial charge in [0.05, 0.1) is 12.3 Å². The number of benzene rings is 4. The Labute approximate surface area is 238 Å². The van der Waals surface area contributed by atoms with Crippen molar-refractivity contribution in [2.75, 3.05) is 18.1 Å². The van der Waals surface area contributed by atoms with Gasteiger partial charge in [-0.3, -0.25) is 9.59 Å². The van der Waals surface area contributed by atoms with Gasteiger partial charge in [0.25, 0.3) is 5.91 Å². The van der Waals surface area contributed by atoms with Crippen molar-refractivity contribution < 1.29 is 24.2 Å². The molecule has 7 heteroatoms. The van der Waals surface area contributed by atoms with Crippen LogP contribution in [0.2, 0.25) is 0 Å². The molecule has 2 heterocycles. The molecule has 0 bridgehead atoms. The lowest BCUT2D eigenvalue weighted by Gasteiger charge is -2.39. The second-order valence-electron chi connectivity index (χ2n) is 10.2. The molecule has 4 aromatic rings. The normalized spacial score (nSPS) is 19.5. The number of imide groups is 1. The van der Waals surface area contributed by atoms with Crippen LogP contribution in [-0.2, 0) is 20.7 Å². The number of aliphatic imine (C=N–C) groups is 1. The highest BCUT2D eigenvalue weighted by atomic mass is 16.5. The van der Waals surface area contributed by atoms with E-state index in [1.165, 1.54) is 11.8 Å². The molecule has 1 N–H and O–H groups in total. The summed E-state index contributed by atoms with van der Waals surface area (Å²) >= 11 is 0. The number of carbonyl (C=O) groups excluding carboxylic acids is 2. The molecule has 1 spiro atoms. The molecule has 0 aromatic heterocycles. The van der Waals surface area contributed by atoms with Crippen LogP contribution < -0.4 is 9.64 Å². The second kappa shape index (κ2) is 11.0. The fourth-order valence-corrected chi connectivity index (χ4v) is 5.53. The van der Waals surface area contributed by atoms with E-state index in [0.717, 1.165) is 22.3 Å². The molecule has 2 atom stereocenters. The lowest BCUT2D eigenvalue weighted by Crippen LogP contribution is -2.56. The van der Waals surface area contributed by atoms with Gasteiger partial charge in [0.1, 0.15) is 5.75 Å². The van der Waals surface area contributed by atoms with Crippen molar-refractivity contribution in [1.82, 2.24) is 0 Å². The van der Waals surface area contributed by atoms with Gasteiger partial charge in [0.2, 0.25) is 11.8 Å². The SMILES string of the molecule is CC(=O)N1C(=O)[C@@]2(Cc3ccccc31)N=C(c1ccc(OCCCO)cc1)O[C@H]2c1ccc(-c2ccccc2)cc1. The third-order valence-corrected chi connectivity index (χ3v) is 7.54. The summed E-state index contributed by atoms with van der Waals surface area (Å²) in [6.07, 6.45) is 0.0922. The predicted octanol–water partition coefficient (Wildman–Crippen LogP) is 5.51. The quantitative estimate of drug-likeness (QED) is 0.309. The number of amides is 2. The molecule has 0 aliphatic carbocycles. The zero-order valence-electron chi connectivity index (χ0n) is 22.7. The minimum Gasteiger partial charge on any atom is -0.494 e. The van der Waals surface area contributed by atoms with E-state index in [2.05, 4.69) is 0 Å². The number of nitrogens with zero attached hydrogens (tertiary/aromatic N) is 2. The van der Waals surface area contributed by atoms with Crippen LogP contribution in [0.1, 0.15) is 36.1 Å². The molecule has 2 aliphatic rings. The lowest BCUT2D eigenvalue weighted by molar-refractivity contribution is -0.131. The van der Waals surface area contributed by atoms with Gasteiger partial charge in [0.15, 0.2) is 11.6 Å². The molecule has 6 rings (SSSR count). The first-order valence-electron chi connectivity index (χ1n) is 13.7. The van der Waals surface area contributed by atoms with Gasteiger partial charge in [-0.05, 0) is 52.6 Å². The Kier molecular flexibility index (Phi) is 7.12. The van der Waals surface area contributed by atoms with Crippen LogP contribution in [-0.4, -0.2) is 41.6 Å². The van der Waals surface area contributed by atoms with Gasteiger partial charge in [-0.25, -0.2) is 9.89 Å². The van der Waals surface area contributed by atoms with E-state index < -0.39 is 17.6 Å². The van der Waals surface area contributed by atoms with Crippen LogP contribution in [0.4, 0.5) is 5.69 Å². The molecule has 7 nitrogen and oxygen atoms in total. The van der Waals surface area contributed by atoms with Crippen LogP contribution in [0.3, 0.4) is 0 Å². The summed E-state index contributed by atoms with van der Waals surface area (Å²) in [6.45, 7) is 1.87. The van der Waals surface area contributed by atoms with Crippen molar-refractivity contribution in [3.05, 3.63) is 120 Å². The Balaban J connectivity index is 1.41. The smallest absolute Gasteiger partial charge is 0.266 e. The van der Waals surface area contributed by atoms with E-state index >= 15 is 0 Å². The summed E-state index contributed by atoms with van der Waals surface area (Å²) in [5.41, 5.74) is 3.71. The van der Waals surface area contributed by atoms with E-state index in [9.17, 15) is 9.59 Å². The molecule has 4 aromatic carbocycles. The molecule has 0 saturated heterocycles. The van der Waals surface area contributed by atoms with E-state index in [1.807, 2.05) is 97.1 Å².